The number of benzene rings is 1. The van der Waals surface area contributed by atoms with Gasteiger partial charge in [-0.15, -0.1) is 6.58 Å². The van der Waals surface area contributed by atoms with Gasteiger partial charge in [0, 0.05) is 5.02 Å². The van der Waals surface area contributed by atoms with Crippen molar-refractivity contribution in [2.75, 3.05) is 0 Å². The zero-order chi connectivity index (χ0) is 17.8. The largest absolute Gasteiger partial charge is 0.434 e. The van der Waals surface area contributed by atoms with Gasteiger partial charge in [0.2, 0.25) is 0 Å². The fourth-order valence-electron chi connectivity index (χ4n) is 4.80. The lowest BCUT2D eigenvalue weighted by Crippen LogP contribution is -2.25. The Hall–Kier alpha value is -1.09. The molecule has 0 aromatic heterocycles. The molecule has 2 aliphatic rings. The summed E-state index contributed by atoms with van der Waals surface area (Å²) in [5.41, 5.74) is 0.888. The van der Waals surface area contributed by atoms with Crippen LogP contribution in [0, 0.1) is 17.8 Å². The molecule has 1 aromatic rings. The van der Waals surface area contributed by atoms with Gasteiger partial charge in [0.15, 0.2) is 0 Å². The normalized spacial score (nSPS) is 30.2. The van der Waals surface area contributed by atoms with Gasteiger partial charge in [0.1, 0.15) is 5.75 Å². The molecule has 2 saturated carbocycles. The van der Waals surface area contributed by atoms with Crippen molar-refractivity contribution in [1.29, 1.82) is 0 Å². The average molecular weight is 369 g/mol. The van der Waals surface area contributed by atoms with Crippen molar-refractivity contribution >= 4 is 11.6 Å². The van der Waals surface area contributed by atoms with Crippen LogP contribution in [0.4, 0.5) is 8.78 Å². The van der Waals surface area contributed by atoms with E-state index in [0.29, 0.717) is 16.9 Å². The van der Waals surface area contributed by atoms with Crippen molar-refractivity contribution < 1.29 is 13.5 Å². The Balaban J connectivity index is 1.60. The number of ether oxygens (including phenoxy) is 1. The standard InChI is InChI=1S/C21H27ClF2O/c1-2-14-3-5-15(6-4-14)16-7-9-17(10-8-16)19-12-11-18(22)13-20(19)25-21(23)24/h2,11-17,21H,1,3-10H2. The van der Waals surface area contributed by atoms with Gasteiger partial charge >= 0.3 is 6.61 Å². The molecule has 3 rings (SSSR count). The van der Waals surface area contributed by atoms with Crippen LogP contribution in [0.15, 0.2) is 30.9 Å². The van der Waals surface area contributed by atoms with Crippen molar-refractivity contribution in [3.8, 4) is 5.75 Å². The SMILES string of the molecule is C=CC1CCC(C2CCC(c3ccc(Cl)cc3OC(F)F)CC2)CC1. The molecule has 138 valence electrons. The van der Waals surface area contributed by atoms with Crippen LogP contribution < -0.4 is 4.74 Å². The highest BCUT2D eigenvalue weighted by Crippen LogP contribution is 2.46. The van der Waals surface area contributed by atoms with E-state index in [1.807, 2.05) is 6.07 Å². The predicted molar refractivity (Wildman–Crippen MR) is 98.4 cm³/mol. The molecule has 4 heteroatoms. The van der Waals surface area contributed by atoms with Crippen LogP contribution in [0.25, 0.3) is 0 Å². The van der Waals surface area contributed by atoms with E-state index in [0.717, 1.165) is 30.2 Å². The molecule has 0 aliphatic heterocycles. The lowest BCUT2D eigenvalue weighted by Gasteiger charge is -2.37. The van der Waals surface area contributed by atoms with Crippen molar-refractivity contribution in [3.05, 3.63) is 41.4 Å². The second kappa shape index (κ2) is 8.53. The highest BCUT2D eigenvalue weighted by Gasteiger charge is 2.31. The van der Waals surface area contributed by atoms with Gasteiger partial charge in [-0.05, 0) is 92.7 Å². The Morgan fingerprint density at radius 2 is 1.60 bits per heavy atom. The van der Waals surface area contributed by atoms with Gasteiger partial charge in [0.25, 0.3) is 0 Å². The number of alkyl halides is 2. The summed E-state index contributed by atoms with van der Waals surface area (Å²) < 4.78 is 30.1. The second-order valence-electron chi connectivity index (χ2n) is 7.58. The molecule has 0 heterocycles. The topological polar surface area (TPSA) is 9.23 Å². The summed E-state index contributed by atoms with van der Waals surface area (Å²) >= 11 is 5.96. The summed E-state index contributed by atoms with van der Waals surface area (Å²) in [6, 6.07) is 5.16. The number of hydrogen-bond donors (Lipinski definition) is 0. The summed E-state index contributed by atoms with van der Waals surface area (Å²) in [6.07, 6.45) is 11.8. The molecule has 0 radical (unpaired) electrons. The quantitative estimate of drug-likeness (QED) is 0.499. The number of halogens is 3. The van der Waals surface area contributed by atoms with Gasteiger partial charge in [0.05, 0.1) is 0 Å². The molecular formula is C21H27ClF2O. The molecule has 25 heavy (non-hydrogen) atoms. The minimum atomic E-state index is -2.81. The van der Waals surface area contributed by atoms with Gasteiger partial charge in [-0.2, -0.15) is 8.78 Å². The summed E-state index contributed by atoms with van der Waals surface area (Å²) in [5.74, 6) is 2.87. The third kappa shape index (κ3) is 4.75. The van der Waals surface area contributed by atoms with Crippen LogP contribution in [-0.2, 0) is 0 Å². The van der Waals surface area contributed by atoms with Crippen LogP contribution >= 0.6 is 11.6 Å². The Labute approximate surface area is 154 Å². The summed E-state index contributed by atoms with van der Waals surface area (Å²) in [4.78, 5) is 0. The van der Waals surface area contributed by atoms with Crippen LogP contribution in [0.5, 0.6) is 5.75 Å². The number of hydrogen-bond acceptors (Lipinski definition) is 1. The molecule has 2 fully saturated rings. The van der Waals surface area contributed by atoms with Crippen molar-refractivity contribution in [3.63, 3.8) is 0 Å². The summed E-state index contributed by atoms with van der Waals surface area (Å²) in [6.45, 7) is 1.11. The smallest absolute Gasteiger partial charge is 0.387 e. The van der Waals surface area contributed by atoms with E-state index in [9.17, 15) is 8.78 Å². The highest BCUT2D eigenvalue weighted by atomic mass is 35.5. The minimum Gasteiger partial charge on any atom is -0.434 e. The molecule has 0 N–H and O–H groups in total. The monoisotopic (exact) mass is 368 g/mol. The maximum atomic E-state index is 12.7. The molecule has 0 amide bonds. The molecule has 2 aliphatic carbocycles. The first kappa shape index (κ1) is 18.7. The highest BCUT2D eigenvalue weighted by molar-refractivity contribution is 6.30. The maximum Gasteiger partial charge on any atom is 0.387 e. The van der Waals surface area contributed by atoms with E-state index >= 15 is 0 Å². The van der Waals surface area contributed by atoms with Crippen molar-refractivity contribution in [2.24, 2.45) is 17.8 Å². The van der Waals surface area contributed by atoms with E-state index in [2.05, 4.69) is 12.7 Å². The average Bonchev–Trinajstić information content (AvgIpc) is 2.62. The number of rotatable bonds is 5. The lowest BCUT2D eigenvalue weighted by molar-refractivity contribution is -0.0507. The Kier molecular flexibility index (Phi) is 6.38. The second-order valence-corrected chi connectivity index (χ2v) is 8.02. The first-order valence-corrected chi connectivity index (χ1v) is 9.81. The third-order valence-corrected chi connectivity index (χ3v) is 6.45. The summed E-state index contributed by atoms with van der Waals surface area (Å²) in [5, 5.41) is 0.437. The van der Waals surface area contributed by atoms with Crippen LogP contribution in [0.3, 0.4) is 0 Å². The van der Waals surface area contributed by atoms with Crippen molar-refractivity contribution in [2.45, 2.75) is 63.9 Å². The zero-order valence-corrected chi connectivity index (χ0v) is 15.4. The van der Waals surface area contributed by atoms with Crippen LogP contribution in [-0.4, -0.2) is 6.61 Å². The molecular weight excluding hydrogens is 342 g/mol. The molecule has 0 saturated heterocycles. The first-order chi connectivity index (χ1) is 12.1. The van der Waals surface area contributed by atoms with E-state index in [4.69, 9.17) is 16.3 Å². The van der Waals surface area contributed by atoms with Crippen LogP contribution in [0.2, 0.25) is 5.02 Å². The van der Waals surface area contributed by atoms with Gasteiger partial charge in [-0.3, -0.25) is 0 Å². The maximum absolute atomic E-state index is 12.7. The van der Waals surface area contributed by atoms with E-state index in [1.165, 1.54) is 44.6 Å². The molecule has 0 unspecified atom stereocenters. The molecule has 0 atom stereocenters. The Morgan fingerprint density at radius 1 is 1.00 bits per heavy atom. The van der Waals surface area contributed by atoms with Crippen molar-refractivity contribution in [1.82, 2.24) is 0 Å². The van der Waals surface area contributed by atoms with E-state index in [1.54, 1.807) is 6.07 Å². The molecule has 0 spiro atoms. The van der Waals surface area contributed by atoms with E-state index < -0.39 is 6.61 Å². The van der Waals surface area contributed by atoms with E-state index in [-0.39, 0.29) is 5.75 Å². The Morgan fingerprint density at radius 3 is 2.16 bits per heavy atom. The fourth-order valence-corrected chi connectivity index (χ4v) is 4.96. The van der Waals surface area contributed by atoms with Gasteiger partial charge in [-0.25, -0.2) is 0 Å². The first-order valence-electron chi connectivity index (χ1n) is 9.43. The number of allylic oxidation sites excluding steroid dienone is 1. The lowest BCUT2D eigenvalue weighted by atomic mass is 9.68. The Bertz CT molecular complexity index is 573. The summed E-state index contributed by atoms with van der Waals surface area (Å²) in [7, 11) is 0. The van der Waals surface area contributed by atoms with Gasteiger partial charge < -0.3 is 4.74 Å². The van der Waals surface area contributed by atoms with Gasteiger partial charge in [-0.1, -0.05) is 23.7 Å². The fraction of sp³-hybridized carbons (Fsp3) is 0.619. The molecule has 0 bridgehead atoms. The third-order valence-electron chi connectivity index (χ3n) is 6.22. The minimum absolute atomic E-state index is 0.248. The predicted octanol–water partition coefficient (Wildman–Crippen LogP) is 7.21. The molecule has 1 aromatic carbocycles. The zero-order valence-electron chi connectivity index (χ0n) is 14.6. The molecule has 1 nitrogen and oxygen atoms in total. The van der Waals surface area contributed by atoms with Crippen LogP contribution in [0.1, 0.15) is 62.8 Å².